The Labute approximate surface area is 254 Å². The van der Waals surface area contributed by atoms with Gasteiger partial charge >= 0.3 is 17.9 Å². The first kappa shape index (κ1) is 32.3. The first-order valence-corrected chi connectivity index (χ1v) is 15.1. The molecule has 14 heteroatoms. The molecule has 0 spiro atoms. The number of hydrogen-bond acceptors (Lipinski definition) is 12. The Morgan fingerprint density at radius 3 is 2.33 bits per heavy atom. The summed E-state index contributed by atoms with van der Waals surface area (Å²) in [5.74, 6) is -0.953. The van der Waals surface area contributed by atoms with Crippen LogP contribution in [0.1, 0.15) is 70.8 Å². The summed E-state index contributed by atoms with van der Waals surface area (Å²) in [4.78, 5) is 48.3. The number of esters is 3. The fourth-order valence-electron chi connectivity index (χ4n) is 5.36. The summed E-state index contributed by atoms with van der Waals surface area (Å²) in [6.07, 6.45) is 0.661. The second-order valence-corrected chi connectivity index (χ2v) is 11.7. The highest BCUT2D eigenvalue weighted by atomic mass is 32.2. The number of carbonyl (C=O) groups is 4. The van der Waals surface area contributed by atoms with Crippen molar-refractivity contribution < 1.29 is 42.9 Å². The van der Waals surface area contributed by atoms with E-state index in [1.807, 2.05) is 35.8 Å². The van der Waals surface area contributed by atoms with Gasteiger partial charge in [0.25, 0.3) is 0 Å². The van der Waals surface area contributed by atoms with Gasteiger partial charge in [0.2, 0.25) is 5.91 Å². The highest BCUT2D eigenvalue weighted by Crippen LogP contribution is 2.39. The largest absolute Gasteiger partial charge is 0.486 e. The third kappa shape index (κ3) is 8.69. The van der Waals surface area contributed by atoms with Gasteiger partial charge in [-0.2, -0.15) is 0 Å². The molecular weight excluding hydrogens is 580 g/mol. The summed E-state index contributed by atoms with van der Waals surface area (Å²) in [5.41, 5.74) is 0.178. The molecule has 0 unspecified atom stereocenters. The average Bonchev–Trinajstić information content (AvgIpc) is 3.59. The molecule has 4 rings (SSSR count). The lowest BCUT2D eigenvalue weighted by molar-refractivity contribution is -0.211. The van der Waals surface area contributed by atoms with Gasteiger partial charge in [0.15, 0.2) is 23.2 Å². The Morgan fingerprint density at radius 2 is 1.70 bits per heavy atom. The lowest BCUT2D eigenvalue weighted by Gasteiger charge is -2.44. The molecule has 2 fully saturated rings. The number of hydrogen-bond donors (Lipinski definition) is 1. The van der Waals surface area contributed by atoms with Crippen LogP contribution < -0.4 is 10.1 Å². The van der Waals surface area contributed by atoms with Crippen LogP contribution in [0, 0.1) is 6.92 Å². The molecule has 1 aliphatic heterocycles. The summed E-state index contributed by atoms with van der Waals surface area (Å²) in [6.45, 7) is 6.87. The number of nitrogens with zero attached hydrogens (tertiary/aromatic N) is 3. The van der Waals surface area contributed by atoms with Gasteiger partial charge in [0.05, 0.1) is 0 Å². The van der Waals surface area contributed by atoms with E-state index in [0.29, 0.717) is 16.7 Å². The second kappa shape index (κ2) is 14.7. The quantitative estimate of drug-likeness (QED) is 0.290. The number of aryl methyl sites for hydroxylation is 1. The van der Waals surface area contributed by atoms with Gasteiger partial charge in [-0.15, -0.1) is 10.2 Å². The molecule has 1 aromatic heterocycles. The van der Waals surface area contributed by atoms with Gasteiger partial charge < -0.3 is 29.0 Å². The SMILES string of the molecule is CC(=O)N[C@@H]1[C@H](OC(C)=O)[C@H](OC(C)=O)[C@H](COC(C)=O)O[C@@H]1Sc1nnc(COc2cccc(C)c2)n1C1CCCC1. The predicted molar refractivity (Wildman–Crippen MR) is 153 cm³/mol. The number of ether oxygens (including phenoxy) is 5. The third-order valence-electron chi connectivity index (χ3n) is 7.08. The Balaban J connectivity index is 1.68. The van der Waals surface area contributed by atoms with Crippen molar-refractivity contribution in [3.8, 4) is 5.75 Å². The molecule has 1 aliphatic carbocycles. The zero-order valence-electron chi connectivity index (χ0n) is 24.9. The van der Waals surface area contributed by atoms with Crippen LogP contribution in [0.3, 0.4) is 0 Å². The normalized spacial score (nSPS) is 23.8. The molecular formula is C29H38N4O9S. The summed E-state index contributed by atoms with van der Waals surface area (Å²) in [6, 6.07) is 6.91. The minimum atomic E-state index is -1.17. The zero-order valence-corrected chi connectivity index (χ0v) is 25.8. The number of rotatable bonds is 11. The summed E-state index contributed by atoms with van der Waals surface area (Å²) < 4.78 is 30.8. The van der Waals surface area contributed by atoms with Gasteiger partial charge in [-0.1, -0.05) is 36.7 Å². The van der Waals surface area contributed by atoms with E-state index in [0.717, 1.165) is 31.2 Å². The molecule has 1 saturated carbocycles. The van der Waals surface area contributed by atoms with Crippen LogP contribution in [0.5, 0.6) is 5.75 Å². The smallest absolute Gasteiger partial charge is 0.303 e. The minimum absolute atomic E-state index is 0.131. The molecule has 0 radical (unpaired) electrons. The number of benzene rings is 1. The minimum Gasteiger partial charge on any atom is -0.486 e. The van der Waals surface area contributed by atoms with E-state index in [1.165, 1.54) is 39.5 Å². The van der Waals surface area contributed by atoms with Crippen LogP contribution >= 0.6 is 11.8 Å². The molecule has 2 heterocycles. The molecule has 5 atom stereocenters. The topological polar surface area (TPSA) is 157 Å². The predicted octanol–water partition coefficient (Wildman–Crippen LogP) is 3.03. The number of aromatic nitrogens is 3. The molecule has 1 aromatic carbocycles. The molecule has 234 valence electrons. The van der Waals surface area contributed by atoms with E-state index >= 15 is 0 Å². The van der Waals surface area contributed by atoms with Gasteiger partial charge in [-0.25, -0.2) is 0 Å². The Kier molecular flexibility index (Phi) is 11.0. The van der Waals surface area contributed by atoms with Crippen LogP contribution in [0.4, 0.5) is 0 Å². The van der Waals surface area contributed by atoms with Crippen molar-refractivity contribution in [2.24, 2.45) is 0 Å². The molecule has 1 saturated heterocycles. The standard InChI is InChI=1S/C29H38N4O9S/c1-16-9-8-12-22(13-16)39-15-24-31-32-29(33(24)21-10-6-7-11-21)43-28-25(30-17(2)34)27(41-20(5)37)26(40-19(4)36)23(42-28)14-38-18(3)35/h8-9,12-13,21,23,25-28H,6-7,10-11,14-15H2,1-5H3,(H,30,34)/t23-,25+,26+,27-,28+/m0/s1. The Morgan fingerprint density at radius 1 is 1.00 bits per heavy atom. The van der Waals surface area contributed by atoms with Crippen LogP contribution in [0.25, 0.3) is 0 Å². The second-order valence-electron chi connectivity index (χ2n) is 10.7. The monoisotopic (exact) mass is 618 g/mol. The van der Waals surface area contributed by atoms with E-state index in [9.17, 15) is 19.2 Å². The zero-order chi connectivity index (χ0) is 31.1. The van der Waals surface area contributed by atoms with E-state index in [4.69, 9.17) is 23.7 Å². The van der Waals surface area contributed by atoms with Crippen LogP contribution in [-0.4, -0.2) is 75.0 Å². The van der Waals surface area contributed by atoms with E-state index < -0.39 is 53.6 Å². The first-order chi connectivity index (χ1) is 20.5. The van der Waals surface area contributed by atoms with E-state index in [2.05, 4.69) is 15.5 Å². The van der Waals surface area contributed by atoms with Crippen molar-refractivity contribution in [2.45, 2.75) is 108 Å². The van der Waals surface area contributed by atoms with Crippen molar-refractivity contribution in [1.82, 2.24) is 20.1 Å². The van der Waals surface area contributed by atoms with E-state index in [1.54, 1.807) is 0 Å². The van der Waals surface area contributed by atoms with Crippen molar-refractivity contribution in [3.63, 3.8) is 0 Å². The van der Waals surface area contributed by atoms with Crippen molar-refractivity contribution in [2.75, 3.05) is 6.61 Å². The van der Waals surface area contributed by atoms with E-state index in [-0.39, 0.29) is 19.3 Å². The third-order valence-corrected chi connectivity index (χ3v) is 8.20. The maximum absolute atomic E-state index is 12.3. The first-order valence-electron chi connectivity index (χ1n) is 14.2. The molecule has 0 bridgehead atoms. The van der Waals surface area contributed by atoms with Crippen molar-refractivity contribution >= 4 is 35.6 Å². The maximum Gasteiger partial charge on any atom is 0.303 e. The number of nitrogens with one attached hydrogen (secondary N) is 1. The van der Waals surface area contributed by atoms with Crippen LogP contribution in [0.15, 0.2) is 29.4 Å². The van der Waals surface area contributed by atoms with Crippen LogP contribution in [-0.2, 0) is 44.7 Å². The highest BCUT2D eigenvalue weighted by Gasteiger charge is 2.51. The van der Waals surface area contributed by atoms with Gasteiger partial charge in [0.1, 0.15) is 36.5 Å². The summed E-state index contributed by atoms with van der Waals surface area (Å²) in [7, 11) is 0. The lowest BCUT2D eigenvalue weighted by Crippen LogP contribution is -2.65. The molecule has 1 amide bonds. The Hall–Kier alpha value is -3.65. The van der Waals surface area contributed by atoms with Gasteiger partial charge in [-0.3, -0.25) is 23.7 Å². The van der Waals surface area contributed by atoms with Crippen LogP contribution in [0.2, 0.25) is 0 Å². The number of amides is 1. The maximum atomic E-state index is 12.3. The van der Waals surface area contributed by atoms with Crippen molar-refractivity contribution in [1.29, 1.82) is 0 Å². The lowest BCUT2D eigenvalue weighted by atomic mass is 9.97. The van der Waals surface area contributed by atoms with Crippen molar-refractivity contribution in [3.05, 3.63) is 35.7 Å². The Bertz CT molecular complexity index is 1310. The fourth-order valence-corrected chi connectivity index (χ4v) is 6.60. The number of thioether (sulfide) groups is 1. The fraction of sp³-hybridized carbons (Fsp3) is 0.586. The molecule has 13 nitrogen and oxygen atoms in total. The molecule has 2 aromatic rings. The number of carbonyl (C=O) groups excluding carboxylic acids is 4. The van der Waals surface area contributed by atoms with Gasteiger partial charge in [0, 0.05) is 33.7 Å². The average molecular weight is 619 g/mol. The molecule has 43 heavy (non-hydrogen) atoms. The summed E-state index contributed by atoms with van der Waals surface area (Å²) in [5, 5.41) is 12.2. The van der Waals surface area contributed by atoms with Gasteiger partial charge in [-0.05, 0) is 37.5 Å². The summed E-state index contributed by atoms with van der Waals surface area (Å²) >= 11 is 1.19. The molecule has 1 N–H and O–H groups in total. The highest BCUT2D eigenvalue weighted by molar-refractivity contribution is 7.99. The molecule has 2 aliphatic rings.